The maximum atomic E-state index is 12.5. The Hall–Kier alpha value is -2.87. The maximum Gasteiger partial charge on any atom is 0.245 e. The highest BCUT2D eigenvalue weighted by atomic mass is 32.2. The van der Waals surface area contributed by atoms with Crippen LogP contribution in [0.15, 0.2) is 48.7 Å². The number of hydrogen-bond acceptors (Lipinski definition) is 4. The van der Waals surface area contributed by atoms with Gasteiger partial charge in [-0.1, -0.05) is 30.3 Å². The van der Waals surface area contributed by atoms with Crippen molar-refractivity contribution in [1.82, 2.24) is 10.2 Å². The Labute approximate surface area is 145 Å². The summed E-state index contributed by atoms with van der Waals surface area (Å²) >= 11 is 0. The number of rotatable bonds is 5. The van der Waals surface area contributed by atoms with Crippen molar-refractivity contribution < 1.29 is 13.2 Å². The molecule has 1 aromatic heterocycles. The average Bonchev–Trinajstić information content (AvgIpc) is 3.02. The van der Waals surface area contributed by atoms with E-state index in [1.54, 1.807) is 43.5 Å². The number of anilines is 2. The molecule has 3 rings (SSSR count). The lowest BCUT2D eigenvalue weighted by atomic mass is 10.2. The highest BCUT2D eigenvalue weighted by Crippen LogP contribution is 2.23. The molecule has 0 aliphatic carbocycles. The Morgan fingerprint density at radius 3 is 2.68 bits per heavy atom. The zero-order valence-corrected chi connectivity index (χ0v) is 14.7. The van der Waals surface area contributed by atoms with E-state index in [4.69, 9.17) is 0 Å². The predicted octanol–water partition coefficient (Wildman–Crippen LogP) is 2.28. The van der Waals surface area contributed by atoms with Crippen molar-refractivity contribution in [2.75, 3.05) is 22.4 Å². The summed E-state index contributed by atoms with van der Waals surface area (Å²) in [6.07, 6.45) is 2.74. The van der Waals surface area contributed by atoms with Crippen LogP contribution in [-0.2, 0) is 14.8 Å². The molecule has 130 valence electrons. The van der Waals surface area contributed by atoms with Crippen LogP contribution in [-0.4, -0.2) is 37.3 Å². The van der Waals surface area contributed by atoms with Gasteiger partial charge in [0, 0.05) is 5.39 Å². The molecule has 1 heterocycles. The quantitative estimate of drug-likeness (QED) is 0.731. The highest BCUT2D eigenvalue weighted by Gasteiger charge is 2.22. The normalized spacial score (nSPS) is 11.4. The third-order valence-electron chi connectivity index (χ3n) is 3.82. The van der Waals surface area contributed by atoms with Gasteiger partial charge in [0.1, 0.15) is 6.54 Å². The van der Waals surface area contributed by atoms with Gasteiger partial charge >= 0.3 is 0 Å². The van der Waals surface area contributed by atoms with E-state index in [1.165, 1.54) is 0 Å². The summed E-state index contributed by atoms with van der Waals surface area (Å²) < 4.78 is 25.4. The van der Waals surface area contributed by atoms with Gasteiger partial charge in [0.05, 0.1) is 29.3 Å². The largest absolute Gasteiger partial charge is 0.323 e. The molecular weight excluding hydrogens is 340 g/mol. The second-order valence-corrected chi connectivity index (χ2v) is 7.65. The minimum atomic E-state index is -3.61. The van der Waals surface area contributed by atoms with E-state index in [0.29, 0.717) is 16.9 Å². The van der Waals surface area contributed by atoms with Crippen molar-refractivity contribution in [3.63, 3.8) is 0 Å². The second kappa shape index (κ2) is 6.56. The second-order valence-electron chi connectivity index (χ2n) is 5.74. The van der Waals surface area contributed by atoms with E-state index in [0.717, 1.165) is 21.5 Å². The van der Waals surface area contributed by atoms with Crippen molar-refractivity contribution in [2.24, 2.45) is 0 Å². The molecule has 0 saturated carbocycles. The fourth-order valence-electron chi connectivity index (χ4n) is 2.62. The lowest BCUT2D eigenvalue weighted by molar-refractivity contribution is -0.114. The molecule has 0 aliphatic heterocycles. The van der Waals surface area contributed by atoms with E-state index >= 15 is 0 Å². The molecule has 0 spiro atoms. The Morgan fingerprint density at radius 2 is 1.96 bits per heavy atom. The number of fused-ring (bicyclic) bond motifs is 1. The number of nitrogens with zero attached hydrogens (tertiary/aromatic N) is 2. The van der Waals surface area contributed by atoms with Gasteiger partial charge in [-0.3, -0.25) is 14.2 Å². The van der Waals surface area contributed by atoms with Crippen LogP contribution in [0.3, 0.4) is 0 Å². The number of aromatic nitrogens is 2. The lowest BCUT2D eigenvalue weighted by Gasteiger charge is -2.23. The first-order valence-electron chi connectivity index (χ1n) is 7.61. The first-order valence-corrected chi connectivity index (χ1v) is 9.46. The topological polar surface area (TPSA) is 95.2 Å². The van der Waals surface area contributed by atoms with Gasteiger partial charge < -0.3 is 5.32 Å². The minimum absolute atomic E-state index is 0.311. The molecule has 25 heavy (non-hydrogen) atoms. The van der Waals surface area contributed by atoms with Crippen molar-refractivity contribution >= 4 is 38.2 Å². The van der Waals surface area contributed by atoms with Gasteiger partial charge in [0.2, 0.25) is 15.9 Å². The van der Waals surface area contributed by atoms with E-state index in [2.05, 4.69) is 15.5 Å². The molecule has 2 aromatic carbocycles. The van der Waals surface area contributed by atoms with E-state index < -0.39 is 15.9 Å². The molecule has 0 radical (unpaired) electrons. The molecule has 0 atom stereocenters. The number of hydrogen-bond donors (Lipinski definition) is 2. The smallest absolute Gasteiger partial charge is 0.245 e. The number of aromatic amines is 1. The number of benzene rings is 2. The minimum Gasteiger partial charge on any atom is -0.323 e. The highest BCUT2D eigenvalue weighted by molar-refractivity contribution is 7.92. The zero-order chi connectivity index (χ0) is 18.0. The molecule has 0 unspecified atom stereocenters. The Morgan fingerprint density at radius 1 is 1.20 bits per heavy atom. The molecule has 2 N–H and O–H groups in total. The Balaban J connectivity index is 1.87. The summed E-state index contributed by atoms with van der Waals surface area (Å²) in [4.78, 5) is 12.5. The van der Waals surface area contributed by atoms with Crippen LogP contribution >= 0.6 is 0 Å². The summed E-state index contributed by atoms with van der Waals surface area (Å²) in [6, 6.07) is 12.4. The summed E-state index contributed by atoms with van der Waals surface area (Å²) in [7, 11) is -3.61. The van der Waals surface area contributed by atoms with Gasteiger partial charge in [-0.15, -0.1) is 0 Å². The lowest BCUT2D eigenvalue weighted by Crippen LogP contribution is -2.37. The Kier molecular flexibility index (Phi) is 4.45. The zero-order valence-electron chi connectivity index (χ0n) is 13.9. The standard InChI is InChI=1S/C17H18N4O3S/c1-12-6-3-4-9-15(12)21(25(2,23)24)11-16(22)19-14-8-5-7-13-10-18-20-17(13)14/h3-10H,11H2,1-2H3,(H,18,20)(H,19,22). The number of carbonyl (C=O) groups excluding carboxylic acids is 1. The van der Waals surface area contributed by atoms with Crippen LogP contribution in [0.25, 0.3) is 10.9 Å². The number of carbonyl (C=O) groups is 1. The van der Waals surface area contributed by atoms with Gasteiger partial charge in [0.15, 0.2) is 0 Å². The summed E-state index contributed by atoms with van der Waals surface area (Å²) in [6.45, 7) is 1.49. The number of nitrogens with one attached hydrogen (secondary N) is 2. The molecule has 3 aromatic rings. The first kappa shape index (κ1) is 17.0. The molecule has 0 aliphatic rings. The van der Waals surface area contributed by atoms with Crippen molar-refractivity contribution in [2.45, 2.75) is 6.92 Å². The first-order chi connectivity index (χ1) is 11.9. The third kappa shape index (κ3) is 3.63. The van der Waals surface area contributed by atoms with Gasteiger partial charge in [-0.25, -0.2) is 8.42 Å². The van der Waals surface area contributed by atoms with Crippen LogP contribution in [0.2, 0.25) is 0 Å². The van der Waals surface area contributed by atoms with E-state index in [1.807, 2.05) is 12.1 Å². The van der Waals surface area contributed by atoms with Crippen LogP contribution in [0, 0.1) is 6.92 Å². The number of amides is 1. The SMILES string of the molecule is Cc1ccccc1N(CC(=O)Nc1cccc2cn[nH]c12)S(C)(=O)=O. The number of aryl methyl sites for hydroxylation is 1. The van der Waals surface area contributed by atoms with Crippen LogP contribution in [0.1, 0.15) is 5.56 Å². The van der Waals surface area contributed by atoms with Crippen LogP contribution in [0.4, 0.5) is 11.4 Å². The van der Waals surface area contributed by atoms with Crippen LogP contribution < -0.4 is 9.62 Å². The van der Waals surface area contributed by atoms with Crippen molar-refractivity contribution in [3.8, 4) is 0 Å². The number of para-hydroxylation sites is 2. The monoisotopic (exact) mass is 358 g/mol. The molecular formula is C17H18N4O3S. The maximum absolute atomic E-state index is 12.5. The molecule has 0 saturated heterocycles. The molecule has 8 heteroatoms. The van der Waals surface area contributed by atoms with E-state index in [9.17, 15) is 13.2 Å². The fraction of sp³-hybridized carbons (Fsp3) is 0.176. The van der Waals surface area contributed by atoms with Crippen molar-refractivity contribution in [3.05, 3.63) is 54.2 Å². The molecule has 1 amide bonds. The van der Waals surface area contributed by atoms with Gasteiger partial charge in [-0.2, -0.15) is 5.10 Å². The van der Waals surface area contributed by atoms with Gasteiger partial charge in [-0.05, 0) is 24.6 Å². The Bertz CT molecular complexity index is 1030. The van der Waals surface area contributed by atoms with Crippen LogP contribution in [0.5, 0.6) is 0 Å². The molecule has 0 fully saturated rings. The summed E-state index contributed by atoms with van der Waals surface area (Å²) in [5, 5.41) is 10.4. The summed E-state index contributed by atoms with van der Waals surface area (Å²) in [5.41, 5.74) is 2.51. The number of sulfonamides is 1. The van der Waals surface area contributed by atoms with Crippen molar-refractivity contribution in [1.29, 1.82) is 0 Å². The third-order valence-corrected chi connectivity index (χ3v) is 4.95. The predicted molar refractivity (Wildman–Crippen MR) is 98.1 cm³/mol. The number of H-pyrrole nitrogens is 1. The van der Waals surface area contributed by atoms with Gasteiger partial charge in [0.25, 0.3) is 0 Å². The summed E-state index contributed by atoms with van der Waals surface area (Å²) in [5.74, 6) is -0.434. The fourth-order valence-corrected chi connectivity index (χ4v) is 3.53. The average molecular weight is 358 g/mol. The van der Waals surface area contributed by atoms with E-state index in [-0.39, 0.29) is 6.54 Å². The molecule has 7 nitrogen and oxygen atoms in total. The molecule has 0 bridgehead atoms.